The third-order valence-corrected chi connectivity index (χ3v) is 5.10. The zero-order valence-electron chi connectivity index (χ0n) is 13.9. The molecular weight excluding hydrogens is 363 g/mol. The molecule has 1 unspecified atom stereocenters. The Morgan fingerprint density at radius 3 is 2.60 bits per heavy atom. The van der Waals surface area contributed by atoms with Gasteiger partial charge in [-0.3, -0.25) is 15.0 Å². The number of aliphatic imine (C=N–C) groups is 1. The van der Waals surface area contributed by atoms with E-state index in [4.69, 9.17) is 23.2 Å². The number of nitrogens with zero attached hydrogens (tertiary/aromatic N) is 3. The van der Waals surface area contributed by atoms with Crippen LogP contribution in [-0.2, 0) is 4.79 Å². The molecule has 1 aromatic rings. The maximum Gasteiger partial charge on any atom is 0.337 e. The van der Waals surface area contributed by atoms with Gasteiger partial charge in [-0.2, -0.15) is 0 Å². The number of amidine groups is 1. The smallest absolute Gasteiger partial charge is 0.292 e. The number of anilines is 1. The van der Waals surface area contributed by atoms with Gasteiger partial charge in [-0.15, -0.1) is 11.6 Å². The maximum atomic E-state index is 12.8. The summed E-state index contributed by atoms with van der Waals surface area (Å²) in [4.78, 5) is 32.0. The summed E-state index contributed by atoms with van der Waals surface area (Å²) in [5.74, 6) is -0.202. The molecule has 1 heterocycles. The summed E-state index contributed by atoms with van der Waals surface area (Å²) in [5.41, 5.74) is 0.349. The Kier molecular flexibility index (Phi) is 5.61. The molecule has 8 heteroatoms. The lowest BCUT2D eigenvalue weighted by molar-refractivity contribution is -0.111. The van der Waals surface area contributed by atoms with Crippen LogP contribution in [0.1, 0.15) is 25.7 Å². The van der Waals surface area contributed by atoms with Crippen LogP contribution in [0.4, 0.5) is 10.5 Å². The Bertz CT molecular complexity index is 704. The zero-order chi connectivity index (χ0) is 18.0. The number of urea groups is 1. The number of likely N-dealkylation sites (N-methyl/N-ethyl adjacent to an activating group) is 1. The zero-order valence-corrected chi connectivity index (χ0v) is 15.4. The van der Waals surface area contributed by atoms with Gasteiger partial charge in [0.2, 0.25) is 5.84 Å². The van der Waals surface area contributed by atoms with Crippen molar-refractivity contribution in [1.29, 1.82) is 0 Å². The van der Waals surface area contributed by atoms with Gasteiger partial charge in [0.25, 0.3) is 0 Å². The lowest BCUT2D eigenvalue weighted by Crippen LogP contribution is -2.39. The summed E-state index contributed by atoms with van der Waals surface area (Å²) < 4.78 is 0. The number of rotatable bonds is 5. The number of para-hydroxylation sites is 1. The number of carbonyl (C=O) groups is 2. The molecule has 25 heavy (non-hydrogen) atoms. The molecule has 6 nitrogen and oxygen atoms in total. The first-order chi connectivity index (χ1) is 12.0. The number of nitrogens with one attached hydrogen (secondary N) is 1. The quantitative estimate of drug-likeness (QED) is 0.627. The first-order valence-electron chi connectivity index (χ1n) is 8.29. The second-order valence-electron chi connectivity index (χ2n) is 6.20. The van der Waals surface area contributed by atoms with E-state index in [0.29, 0.717) is 16.8 Å². The third kappa shape index (κ3) is 3.66. The molecule has 1 aromatic carbocycles. The molecule has 2 fully saturated rings. The van der Waals surface area contributed by atoms with Crippen LogP contribution in [0.5, 0.6) is 0 Å². The van der Waals surface area contributed by atoms with Gasteiger partial charge in [-0.25, -0.2) is 14.7 Å². The highest BCUT2D eigenvalue weighted by Crippen LogP contribution is 2.29. The van der Waals surface area contributed by atoms with Crippen LogP contribution in [0.15, 0.2) is 29.3 Å². The van der Waals surface area contributed by atoms with Crippen LogP contribution >= 0.6 is 23.2 Å². The van der Waals surface area contributed by atoms with Crippen molar-refractivity contribution in [2.75, 3.05) is 17.8 Å². The van der Waals surface area contributed by atoms with Gasteiger partial charge in [0.05, 0.1) is 16.6 Å². The highest BCUT2D eigenvalue weighted by molar-refractivity contribution is 6.55. The molecular formula is C17H20Cl2N4O2. The number of halogens is 2. The van der Waals surface area contributed by atoms with E-state index in [1.54, 1.807) is 24.3 Å². The minimum atomic E-state index is -0.496. The standard InChI is InChI=1S/C17H20Cl2N4O2/c1-22-15(21-14(10-18)20-11-6-2-3-7-11)16(24)23(17(22)25)13-9-5-4-8-12(13)19/h4-5,8-9,11,14,20H,2-3,6-7,10H2,1H3. The highest BCUT2D eigenvalue weighted by atomic mass is 35.5. The summed E-state index contributed by atoms with van der Waals surface area (Å²) in [7, 11) is 1.52. The predicted octanol–water partition coefficient (Wildman–Crippen LogP) is 3.23. The lowest BCUT2D eigenvalue weighted by atomic mass is 10.2. The van der Waals surface area contributed by atoms with Crippen LogP contribution in [-0.4, -0.2) is 47.8 Å². The molecule has 3 rings (SSSR count). The lowest BCUT2D eigenvalue weighted by Gasteiger charge is -2.18. The van der Waals surface area contributed by atoms with E-state index >= 15 is 0 Å². The Morgan fingerprint density at radius 1 is 1.28 bits per heavy atom. The second-order valence-corrected chi connectivity index (χ2v) is 6.92. The SMILES string of the molecule is CN1C(=O)N(c2ccccc2Cl)C(=O)C1=NC(CCl)NC1CCCC1. The van der Waals surface area contributed by atoms with E-state index in [-0.39, 0.29) is 11.7 Å². The summed E-state index contributed by atoms with van der Waals surface area (Å²) >= 11 is 12.2. The number of alkyl halides is 1. The predicted molar refractivity (Wildman–Crippen MR) is 99.4 cm³/mol. The van der Waals surface area contributed by atoms with E-state index in [9.17, 15) is 9.59 Å². The fourth-order valence-electron chi connectivity index (χ4n) is 3.19. The number of hydrogen-bond acceptors (Lipinski definition) is 4. The van der Waals surface area contributed by atoms with Crippen LogP contribution < -0.4 is 10.2 Å². The fraction of sp³-hybridized carbons (Fsp3) is 0.471. The van der Waals surface area contributed by atoms with Crippen molar-refractivity contribution in [3.05, 3.63) is 29.3 Å². The van der Waals surface area contributed by atoms with E-state index in [1.165, 1.54) is 24.8 Å². The van der Waals surface area contributed by atoms with Gasteiger partial charge in [0.1, 0.15) is 6.17 Å². The van der Waals surface area contributed by atoms with E-state index in [2.05, 4.69) is 10.3 Å². The molecule has 1 saturated carbocycles. The molecule has 0 bridgehead atoms. The summed E-state index contributed by atoms with van der Waals surface area (Å²) in [6.45, 7) is 0. The Labute approximate surface area is 156 Å². The molecule has 1 aliphatic carbocycles. The Morgan fingerprint density at radius 2 is 1.96 bits per heavy atom. The van der Waals surface area contributed by atoms with Crippen molar-refractivity contribution in [2.24, 2.45) is 4.99 Å². The number of carbonyl (C=O) groups excluding carboxylic acids is 2. The molecule has 3 amide bonds. The summed E-state index contributed by atoms with van der Waals surface area (Å²) in [5, 5.41) is 3.69. The van der Waals surface area contributed by atoms with Gasteiger partial charge in [0, 0.05) is 13.1 Å². The van der Waals surface area contributed by atoms with Gasteiger partial charge in [0.15, 0.2) is 0 Å². The topological polar surface area (TPSA) is 65.0 Å². The van der Waals surface area contributed by atoms with Gasteiger partial charge < -0.3 is 0 Å². The van der Waals surface area contributed by atoms with E-state index < -0.39 is 18.1 Å². The summed E-state index contributed by atoms with van der Waals surface area (Å²) in [6.07, 6.45) is 4.10. The van der Waals surface area contributed by atoms with Crippen LogP contribution in [0.2, 0.25) is 5.02 Å². The van der Waals surface area contributed by atoms with Crippen molar-refractivity contribution >= 4 is 46.7 Å². The molecule has 2 aliphatic rings. The molecule has 1 atom stereocenters. The average molecular weight is 383 g/mol. The molecule has 134 valence electrons. The monoisotopic (exact) mass is 382 g/mol. The van der Waals surface area contributed by atoms with Crippen molar-refractivity contribution in [1.82, 2.24) is 10.2 Å². The number of benzene rings is 1. The second kappa shape index (κ2) is 7.72. The third-order valence-electron chi connectivity index (χ3n) is 4.49. The number of hydrogen-bond donors (Lipinski definition) is 1. The van der Waals surface area contributed by atoms with Crippen LogP contribution in [0.3, 0.4) is 0 Å². The Balaban J connectivity index is 1.85. The molecule has 0 aromatic heterocycles. The minimum Gasteiger partial charge on any atom is -0.292 e. The largest absolute Gasteiger partial charge is 0.337 e. The fourth-order valence-corrected chi connectivity index (χ4v) is 3.57. The van der Waals surface area contributed by atoms with Crippen molar-refractivity contribution < 1.29 is 9.59 Å². The first-order valence-corrected chi connectivity index (χ1v) is 9.20. The molecule has 1 N–H and O–H groups in total. The summed E-state index contributed by atoms with van der Waals surface area (Å²) in [6, 6.07) is 6.60. The van der Waals surface area contributed by atoms with Gasteiger partial charge in [-0.1, -0.05) is 36.6 Å². The molecule has 1 saturated heterocycles. The first kappa shape index (κ1) is 18.2. The van der Waals surface area contributed by atoms with E-state index in [1.807, 2.05) is 0 Å². The van der Waals surface area contributed by atoms with Crippen LogP contribution in [0.25, 0.3) is 0 Å². The normalized spacial score (nSPS) is 21.6. The van der Waals surface area contributed by atoms with E-state index in [0.717, 1.165) is 17.7 Å². The van der Waals surface area contributed by atoms with Crippen molar-refractivity contribution in [2.45, 2.75) is 37.9 Å². The van der Waals surface area contributed by atoms with Crippen molar-refractivity contribution in [3.63, 3.8) is 0 Å². The number of imide groups is 1. The van der Waals surface area contributed by atoms with Gasteiger partial charge >= 0.3 is 11.9 Å². The number of amides is 3. The highest BCUT2D eigenvalue weighted by Gasteiger charge is 2.42. The van der Waals surface area contributed by atoms with Crippen LogP contribution in [0, 0.1) is 0 Å². The maximum absolute atomic E-state index is 12.8. The van der Waals surface area contributed by atoms with Gasteiger partial charge in [-0.05, 0) is 25.0 Å². The Hall–Kier alpha value is -1.63. The molecule has 0 radical (unpaired) electrons. The molecule has 0 spiro atoms. The molecule has 1 aliphatic heterocycles. The minimum absolute atomic E-state index is 0.0704. The van der Waals surface area contributed by atoms with Crippen molar-refractivity contribution in [3.8, 4) is 0 Å². The average Bonchev–Trinajstić information content (AvgIpc) is 3.18.